The molecule has 0 bridgehead atoms. The molecule has 2 aromatic carbocycles. The van der Waals surface area contributed by atoms with E-state index in [1.807, 2.05) is 30.3 Å². The average Bonchev–Trinajstić information content (AvgIpc) is 2.47. The highest BCUT2D eigenvalue weighted by atomic mass is 79.9. The van der Waals surface area contributed by atoms with E-state index in [4.69, 9.17) is 0 Å². The summed E-state index contributed by atoms with van der Waals surface area (Å²) in [5.41, 5.74) is 2.14. The van der Waals surface area contributed by atoms with E-state index in [1.165, 1.54) is 5.56 Å². The van der Waals surface area contributed by atoms with Gasteiger partial charge in [0, 0.05) is 26.6 Å². The fourth-order valence-corrected chi connectivity index (χ4v) is 3.46. The number of nitrogens with one attached hydrogen (secondary N) is 1. The van der Waals surface area contributed by atoms with Gasteiger partial charge in [0.2, 0.25) is 0 Å². The van der Waals surface area contributed by atoms with Crippen molar-refractivity contribution in [1.29, 1.82) is 0 Å². The zero-order chi connectivity index (χ0) is 15.4. The lowest BCUT2D eigenvalue weighted by atomic mass is 10.0. The fourth-order valence-electron chi connectivity index (χ4n) is 2.45. The van der Waals surface area contributed by atoms with Gasteiger partial charge in [-0.25, -0.2) is 0 Å². The highest BCUT2D eigenvalue weighted by molar-refractivity contribution is 9.10. The monoisotopic (exact) mass is 411 g/mol. The molecule has 2 rings (SSSR count). The predicted molar refractivity (Wildman–Crippen MR) is 94.5 cm³/mol. The van der Waals surface area contributed by atoms with Crippen molar-refractivity contribution < 1.29 is 5.11 Å². The normalized spacial score (nSPS) is 13.9. The molecule has 2 aromatic rings. The molecule has 1 unspecified atom stereocenters. The fraction of sp³-hybridized carbons (Fsp3) is 0.294. The number of aromatic hydroxyl groups is 1. The molecule has 0 spiro atoms. The number of rotatable bonds is 5. The van der Waals surface area contributed by atoms with Crippen LogP contribution in [0, 0.1) is 0 Å². The summed E-state index contributed by atoms with van der Waals surface area (Å²) in [5, 5.41) is 13.7. The molecule has 0 aliphatic heterocycles. The standard InChI is InChI=1S/C17H19Br2NO/c1-3-16(14-10-12(18)8-9-17(14)21)20-11(2)13-6-4-5-7-15(13)19/h4-11,16,20-21H,3H2,1-2H3/t11-,16?/m0/s1. The van der Waals surface area contributed by atoms with Gasteiger partial charge in [0.25, 0.3) is 0 Å². The molecule has 0 fully saturated rings. The predicted octanol–water partition coefficient (Wildman–Crippen LogP) is 5.72. The second-order valence-corrected chi connectivity index (χ2v) is 6.84. The summed E-state index contributed by atoms with van der Waals surface area (Å²) in [6.07, 6.45) is 0.902. The van der Waals surface area contributed by atoms with Gasteiger partial charge < -0.3 is 10.4 Å². The smallest absolute Gasteiger partial charge is 0.120 e. The Morgan fingerprint density at radius 3 is 2.48 bits per heavy atom. The van der Waals surface area contributed by atoms with Crippen LogP contribution in [0.15, 0.2) is 51.4 Å². The molecule has 0 radical (unpaired) electrons. The van der Waals surface area contributed by atoms with Gasteiger partial charge in [-0.3, -0.25) is 0 Å². The van der Waals surface area contributed by atoms with E-state index in [9.17, 15) is 5.11 Å². The number of phenolic OH excluding ortho intramolecular Hbond substituents is 1. The maximum absolute atomic E-state index is 10.1. The van der Waals surface area contributed by atoms with Crippen LogP contribution in [0.4, 0.5) is 0 Å². The van der Waals surface area contributed by atoms with E-state index in [2.05, 4.69) is 57.1 Å². The van der Waals surface area contributed by atoms with E-state index in [0.717, 1.165) is 20.9 Å². The van der Waals surface area contributed by atoms with Crippen LogP contribution in [0.2, 0.25) is 0 Å². The maximum Gasteiger partial charge on any atom is 0.120 e. The van der Waals surface area contributed by atoms with Gasteiger partial charge in [-0.1, -0.05) is 57.0 Å². The second kappa shape index (κ2) is 7.43. The van der Waals surface area contributed by atoms with Crippen LogP contribution in [0.1, 0.15) is 43.5 Å². The first-order valence-corrected chi connectivity index (χ1v) is 8.60. The van der Waals surface area contributed by atoms with E-state index in [1.54, 1.807) is 6.07 Å². The first-order chi connectivity index (χ1) is 10.0. The summed E-state index contributed by atoms with van der Waals surface area (Å²) in [4.78, 5) is 0. The van der Waals surface area contributed by atoms with Gasteiger partial charge in [-0.05, 0) is 43.2 Å². The molecule has 0 heterocycles. The SMILES string of the molecule is CCC(N[C@@H](C)c1ccccc1Br)c1cc(Br)ccc1O. The van der Waals surface area contributed by atoms with E-state index in [0.29, 0.717) is 5.75 Å². The van der Waals surface area contributed by atoms with Crippen molar-refractivity contribution in [3.8, 4) is 5.75 Å². The first-order valence-electron chi connectivity index (χ1n) is 7.01. The number of benzene rings is 2. The third kappa shape index (κ3) is 4.09. The zero-order valence-electron chi connectivity index (χ0n) is 12.1. The lowest BCUT2D eigenvalue weighted by Crippen LogP contribution is -2.24. The summed E-state index contributed by atoms with van der Waals surface area (Å²) < 4.78 is 2.07. The van der Waals surface area contributed by atoms with Gasteiger partial charge in [0.05, 0.1) is 0 Å². The third-order valence-electron chi connectivity index (χ3n) is 3.60. The number of hydrogen-bond acceptors (Lipinski definition) is 2. The maximum atomic E-state index is 10.1. The Balaban J connectivity index is 2.23. The van der Waals surface area contributed by atoms with Gasteiger partial charge >= 0.3 is 0 Å². The van der Waals surface area contributed by atoms with Crippen LogP contribution in [0.25, 0.3) is 0 Å². The minimum Gasteiger partial charge on any atom is -0.508 e. The molecule has 112 valence electrons. The Hall–Kier alpha value is -0.840. The average molecular weight is 413 g/mol. The largest absolute Gasteiger partial charge is 0.508 e. The minimum absolute atomic E-state index is 0.101. The highest BCUT2D eigenvalue weighted by Gasteiger charge is 2.18. The minimum atomic E-state index is 0.101. The lowest BCUT2D eigenvalue weighted by Gasteiger charge is -2.24. The topological polar surface area (TPSA) is 32.3 Å². The zero-order valence-corrected chi connectivity index (χ0v) is 15.3. The molecule has 2 N–H and O–H groups in total. The van der Waals surface area contributed by atoms with Crippen LogP contribution in [0.5, 0.6) is 5.75 Å². The highest BCUT2D eigenvalue weighted by Crippen LogP contribution is 2.32. The summed E-state index contributed by atoms with van der Waals surface area (Å²) in [6, 6.07) is 14.0. The third-order valence-corrected chi connectivity index (χ3v) is 4.81. The molecule has 4 heteroatoms. The van der Waals surface area contributed by atoms with E-state index in [-0.39, 0.29) is 12.1 Å². The van der Waals surface area contributed by atoms with Crippen molar-refractivity contribution in [2.24, 2.45) is 0 Å². The van der Waals surface area contributed by atoms with Crippen LogP contribution < -0.4 is 5.32 Å². The quantitative estimate of drug-likeness (QED) is 0.658. The molecule has 21 heavy (non-hydrogen) atoms. The molecule has 2 nitrogen and oxygen atoms in total. The molecule has 2 atom stereocenters. The number of halogens is 2. The van der Waals surface area contributed by atoms with Gasteiger partial charge in [0.1, 0.15) is 5.75 Å². The molecular formula is C17H19Br2NO. The van der Waals surface area contributed by atoms with Crippen molar-refractivity contribution in [2.45, 2.75) is 32.4 Å². The summed E-state index contributed by atoms with van der Waals surface area (Å²) >= 11 is 7.06. The summed E-state index contributed by atoms with van der Waals surface area (Å²) in [5.74, 6) is 0.330. The Morgan fingerprint density at radius 2 is 1.81 bits per heavy atom. The Morgan fingerprint density at radius 1 is 1.10 bits per heavy atom. The van der Waals surface area contributed by atoms with Crippen molar-refractivity contribution >= 4 is 31.9 Å². The first kappa shape index (κ1) is 16.5. The Kier molecular flexibility index (Phi) is 5.85. The molecule has 0 aromatic heterocycles. The van der Waals surface area contributed by atoms with Crippen LogP contribution in [-0.4, -0.2) is 5.11 Å². The van der Waals surface area contributed by atoms with Gasteiger partial charge in [0.15, 0.2) is 0 Å². The molecule has 0 aliphatic rings. The Labute approximate surface area is 142 Å². The summed E-state index contributed by atoms with van der Waals surface area (Å²) in [6.45, 7) is 4.25. The molecule has 0 saturated heterocycles. The van der Waals surface area contributed by atoms with Crippen molar-refractivity contribution in [3.05, 3.63) is 62.5 Å². The number of phenols is 1. The van der Waals surface area contributed by atoms with Crippen molar-refractivity contribution in [2.75, 3.05) is 0 Å². The van der Waals surface area contributed by atoms with Gasteiger partial charge in [-0.2, -0.15) is 0 Å². The van der Waals surface area contributed by atoms with Crippen molar-refractivity contribution in [1.82, 2.24) is 5.32 Å². The van der Waals surface area contributed by atoms with Crippen LogP contribution in [0.3, 0.4) is 0 Å². The van der Waals surface area contributed by atoms with E-state index < -0.39 is 0 Å². The molecule has 0 saturated carbocycles. The summed E-state index contributed by atoms with van der Waals surface area (Å²) in [7, 11) is 0. The Bertz CT molecular complexity index is 615. The lowest BCUT2D eigenvalue weighted by molar-refractivity contribution is 0.418. The van der Waals surface area contributed by atoms with Gasteiger partial charge in [-0.15, -0.1) is 0 Å². The molecule has 0 aliphatic carbocycles. The number of hydrogen-bond donors (Lipinski definition) is 2. The van der Waals surface area contributed by atoms with Crippen molar-refractivity contribution in [3.63, 3.8) is 0 Å². The molecular weight excluding hydrogens is 394 g/mol. The van der Waals surface area contributed by atoms with Crippen LogP contribution >= 0.6 is 31.9 Å². The second-order valence-electron chi connectivity index (χ2n) is 5.07. The van der Waals surface area contributed by atoms with Crippen LogP contribution in [-0.2, 0) is 0 Å². The van der Waals surface area contributed by atoms with E-state index >= 15 is 0 Å². The molecule has 0 amide bonds.